The monoisotopic (exact) mass is 218 g/mol. The van der Waals surface area contributed by atoms with Gasteiger partial charge in [-0.1, -0.05) is 17.8 Å². The summed E-state index contributed by atoms with van der Waals surface area (Å²) >= 11 is 1.47. The van der Waals surface area contributed by atoms with Gasteiger partial charge in [-0.25, -0.2) is 0 Å². The average molecular weight is 218 g/mol. The molecule has 0 saturated heterocycles. The largest absolute Gasteiger partial charge is 0.464 e. The van der Waals surface area contributed by atoms with Crippen molar-refractivity contribution in [2.45, 2.75) is 0 Å². The van der Waals surface area contributed by atoms with Gasteiger partial charge in [-0.2, -0.15) is 0 Å². The molecular weight excluding hydrogens is 208 g/mol. The highest BCUT2D eigenvalue weighted by Crippen LogP contribution is 2.26. The van der Waals surface area contributed by atoms with Gasteiger partial charge >= 0.3 is 0 Å². The maximum absolute atomic E-state index is 7.53. The number of ether oxygens (including phenoxy) is 1. The standard InChI is InChI=1S/C11H10N2OS/c12-8-2-1-3-9(6-8)14-7-11-10(13)4-5-15-11/h1-7,13H,12H2/b11-7-,13-10?. The predicted molar refractivity (Wildman–Crippen MR) is 64.0 cm³/mol. The molecule has 0 unspecified atom stereocenters. The van der Waals surface area contributed by atoms with E-state index in [2.05, 4.69) is 0 Å². The molecule has 0 saturated carbocycles. The van der Waals surface area contributed by atoms with Gasteiger partial charge in [0, 0.05) is 11.8 Å². The fourth-order valence-corrected chi connectivity index (χ4v) is 1.77. The lowest BCUT2D eigenvalue weighted by atomic mass is 10.3. The average Bonchev–Trinajstić information content (AvgIpc) is 2.61. The molecule has 0 radical (unpaired) electrons. The lowest BCUT2D eigenvalue weighted by molar-refractivity contribution is 0.481. The van der Waals surface area contributed by atoms with E-state index < -0.39 is 0 Å². The van der Waals surface area contributed by atoms with Crippen molar-refractivity contribution in [3.05, 3.63) is 46.9 Å². The van der Waals surface area contributed by atoms with Crippen LogP contribution in [0.3, 0.4) is 0 Å². The lowest BCUT2D eigenvalue weighted by Gasteiger charge is -2.02. The summed E-state index contributed by atoms with van der Waals surface area (Å²) in [4.78, 5) is 0.803. The van der Waals surface area contributed by atoms with Crippen molar-refractivity contribution in [2.75, 3.05) is 5.73 Å². The lowest BCUT2D eigenvalue weighted by Crippen LogP contribution is -1.92. The van der Waals surface area contributed by atoms with E-state index in [1.165, 1.54) is 11.8 Å². The second-order valence-corrected chi connectivity index (χ2v) is 3.95. The van der Waals surface area contributed by atoms with Gasteiger partial charge in [-0.3, -0.25) is 5.41 Å². The first-order valence-electron chi connectivity index (χ1n) is 4.40. The highest BCUT2D eigenvalue weighted by molar-refractivity contribution is 8.07. The first kappa shape index (κ1) is 9.86. The summed E-state index contributed by atoms with van der Waals surface area (Å²) in [5, 5.41) is 9.39. The van der Waals surface area contributed by atoms with Gasteiger partial charge in [-0.15, -0.1) is 0 Å². The summed E-state index contributed by atoms with van der Waals surface area (Å²) in [6, 6.07) is 7.19. The summed E-state index contributed by atoms with van der Waals surface area (Å²) in [5.74, 6) is 0.683. The molecule has 2 rings (SSSR count). The molecule has 3 N–H and O–H groups in total. The normalized spacial score (nSPS) is 17.3. The highest BCUT2D eigenvalue weighted by atomic mass is 32.2. The number of hydrogen-bond donors (Lipinski definition) is 2. The summed E-state index contributed by atoms with van der Waals surface area (Å²) in [7, 11) is 0. The van der Waals surface area contributed by atoms with Crippen LogP contribution in [0.5, 0.6) is 5.75 Å². The molecule has 0 aliphatic carbocycles. The Labute approximate surface area is 92.1 Å². The third-order valence-corrected chi connectivity index (χ3v) is 2.70. The number of hydrogen-bond acceptors (Lipinski definition) is 4. The Hall–Kier alpha value is -1.68. The van der Waals surface area contributed by atoms with E-state index in [0.29, 0.717) is 17.1 Å². The van der Waals surface area contributed by atoms with Crippen molar-refractivity contribution in [1.82, 2.24) is 0 Å². The minimum absolute atomic E-state index is 0.476. The fourth-order valence-electron chi connectivity index (χ4n) is 1.12. The fraction of sp³-hybridized carbons (Fsp3) is 0. The zero-order valence-corrected chi connectivity index (χ0v) is 8.75. The first-order valence-corrected chi connectivity index (χ1v) is 5.28. The van der Waals surface area contributed by atoms with Crippen LogP contribution in [0.25, 0.3) is 0 Å². The van der Waals surface area contributed by atoms with Gasteiger partial charge in [0.15, 0.2) is 0 Å². The molecule has 0 amide bonds. The molecule has 0 fully saturated rings. The molecule has 1 aromatic rings. The molecule has 1 aliphatic rings. The molecule has 0 spiro atoms. The van der Waals surface area contributed by atoms with Gasteiger partial charge in [0.1, 0.15) is 12.0 Å². The van der Waals surface area contributed by atoms with Crippen LogP contribution in [0.1, 0.15) is 0 Å². The van der Waals surface area contributed by atoms with E-state index >= 15 is 0 Å². The van der Waals surface area contributed by atoms with Crippen molar-refractivity contribution in [1.29, 1.82) is 5.41 Å². The summed E-state index contributed by atoms with van der Waals surface area (Å²) in [6.07, 6.45) is 3.31. The molecule has 0 aromatic heterocycles. The topological polar surface area (TPSA) is 59.1 Å². The number of allylic oxidation sites excluding steroid dienone is 2. The van der Waals surface area contributed by atoms with Crippen LogP contribution in [-0.2, 0) is 0 Å². The summed E-state index contributed by atoms with van der Waals surface area (Å²) in [6.45, 7) is 0. The van der Waals surface area contributed by atoms with Crippen molar-refractivity contribution in [2.24, 2.45) is 0 Å². The zero-order chi connectivity index (χ0) is 10.7. The van der Waals surface area contributed by atoms with Crippen LogP contribution in [0.15, 0.2) is 46.9 Å². The minimum Gasteiger partial charge on any atom is -0.464 e. The molecule has 3 nitrogen and oxygen atoms in total. The Bertz CT molecular complexity index is 452. The number of nitrogen functional groups attached to an aromatic ring is 1. The van der Waals surface area contributed by atoms with E-state index in [4.69, 9.17) is 15.9 Å². The molecule has 1 aromatic carbocycles. The van der Waals surface area contributed by atoms with E-state index in [-0.39, 0.29) is 0 Å². The number of thioether (sulfide) groups is 1. The number of nitrogens with one attached hydrogen (secondary N) is 1. The van der Waals surface area contributed by atoms with Crippen molar-refractivity contribution in [3.63, 3.8) is 0 Å². The molecule has 76 valence electrons. The SMILES string of the molecule is N=C1C=CS/C1=C\Oc1cccc(N)c1. The zero-order valence-electron chi connectivity index (χ0n) is 7.94. The van der Waals surface area contributed by atoms with Gasteiger partial charge in [-0.05, 0) is 23.6 Å². The number of nitrogens with two attached hydrogens (primary N) is 1. The molecule has 1 heterocycles. The molecular formula is C11H10N2OS. The third-order valence-electron chi connectivity index (χ3n) is 1.86. The molecule has 15 heavy (non-hydrogen) atoms. The summed E-state index contributed by atoms with van der Waals surface area (Å²) < 4.78 is 5.40. The second-order valence-electron chi connectivity index (χ2n) is 3.01. The van der Waals surface area contributed by atoms with E-state index in [1.807, 2.05) is 17.5 Å². The van der Waals surface area contributed by atoms with E-state index in [0.717, 1.165) is 4.91 Å². The van der Waals surface area contributed by atoms with E-state index in [9.17, 15) is 0 Å². The Morgan fingerprint density at radius 3 is 2.93 bits per heavy atom. The number of rotatable bonds is 2. The van der Waals surface area contributed by atoms with Crippen LogP contribution in [-0.4, -0.2) is 5.71 Å². The van der Waals surface area contributed by atoms with Gasteiger partial charge < -0.3 is 10.5 Å². The van der Waals surface area contributed by atoms with Crippen LogP contribution < -0.4 is 10.5 Å². The first-order chi connectivity index (χ1) is 7.25. The van der Waals surface area contributed by atoms with Crippen molar-refractivity contribution in [3.8, 4) is 5.75 Å². The van der Waals surface area contributed by atoms with Crippen LogP contribution in [0, 0.1) is 5.41 Å². The number of anilines is 1. The second kappa shape index (κ2) is 4.23. The maximum Gasteiger partial charge on any atom is 0.128 e. The predicted octanol–water partition coefficient (Wildman–Crippen LogP) is 2.77. The van der Waals surface area contributed by atoms with Crippen LogP contribution >= 0.6 is 11.8 Å². The van der Waals surface area contributed by atoms with Crippen LogP contribution in [0.2, 0.25) is 0 Å². The molecule has 0 atom stereocenters. The Balaban J connectivity index is 2.07. The van der Waals surface area contributed by atoms with Crippen molar-refractivity contribution >= 4 is 23.2 Å². The molecule has 0 bridgehead atoms. The van der Waals surface area contributed by atoms with Gasteiger partial charge in [0.2, 0.25) is 0 Å². The van der Waals surface area contributed by atoms with Gasteiger partial charge in [0.05, 0.1) is 10.6 Å². The van der Waals surface area contributed by atoms with Gasteiger partial charge in [0.25, 0.3) is 0 Å². The number of benzene rings is 1. The Kier molecular flexibility index (Phi) is 2.78. The quantitative estimate of drug-likeness (QED) is 0.592. The smallest absolute Gasteiger partial charge is 0.128 e. The van der Waals surface area contributed by atoms with Crippen molar-refractivity contribution < 1.29 is 4.74 Å². The van der Waals surface area contributed by atoms with Crippen LogP contribution in [0.4, 0.5) is 5.69 Å². The highest BCUT2D eigenvalue weighted by Gasteiger charge is 2.08. The Morgan fingerprint density at radius 1 is 1.40 bits per heavy atom. The minimum atomic E-state index is 0.476. The molecule has 4 heteroatoms. The molecule has 1 aliphatic heterocycles. The Morgan fingerprint density at radius 2 is 2.27 bits per heavy atom. The maximum atomic E-state index is 7.53. The van der Waals surface area contributed by atoms with E-state index in [1.54, 1.807) is 24.5 Å². The third kappa shape index (κ3) is 2.41. The summed E-state index contributed by atoms with van der Waals surface area (Å²) in [5.41, 5.74) is 6.75.